The third-order valence-electron chi connectivity index (χ3n) is 2.44. The molecule has 1 aliphatic heterocycles. The van der Waals surface area contributed by atoms with E-state index in [-0.39, 0.29) is 5.82 Å². The molecule has 1 unspecified atom stereocenters. The Labute approximate surface area is 93.1 Å². The van der Waals surface area contributed by atoms with Gasteiger partial charge < -0.3 is 4.74 Å². The van der Waals surface area contributed by atoms with Crippen molar-refractivity contribution in [2.45, 2.75) is 12.8 Å². The van der Waals surface area contributed by atoms with Gasteiger partial charge in [-0.15, -0.1) is 0 Å². The number of nitrogens with zero attached hydrogens (tertiary/aromatic N) is 1. The van der Waals surface area contributed by atoms with Gasteiger partial charge in [-0.3, -0.25) is 9.69 Å². The Kier molecular flexibility index (Phi) is 3.01. The summed E-state index contributed by atoms with van der Waals surface area (Å²) in [7, 11) is 0. The standard InChI is InChI=1S/C12H12FNO2/c1-9-6-14(12(8-15)16-9)7-10-2-4-11(13)5-3-10/h2-5,8,12H,1,6-7H2. The van der Waals surface area contributed by atoms with Crippen LogP contribution in [0.5, 0.6) is 0 Å². The van der Waals surface area contributed by atoms with Crippen molar-refractivity contribution in [3.63, 3.8) is 0 Å². The van der Waals surface area contributed by atoms with E-state index in [0.717, 1.165) is 11.8 Å². The highest BCUT2D eigenvalue weighted by molar-refractivity contribution is 5.56. The van der Waals surface area contributed by atoms with Gasteiger partial charge in [0.05, 0.1) is 6.54 Å². The minimum atomic E-state index is -0.572. The molecule has 3 nitrogen and oxygen atoms in total. The van der Waals surface area contributed by atoms with E-state index in [1.54, 1.807) is 12.1 Å². The van der Waals surface area contributed by atoms with Gasteiger partial charge in [-0.05, 0) is 17.7 Å². The van der Waals surface area contributed by atoms with Crippen molar-refractivity contribution >= 4 is 6.29 Å². The van der Waals surface area contributed by atoms with E-state index in [1.807, 2.05) is 4.90 Å². The average molecular weight is 221 g/mol. The van der Waals surface area contributed by atoms with Crippen LogP contribution < -0.4 is 0 Å². The molecule has 1 aromatic carbocycles. The summed E-state index contributed by atoms with van der Waals surface area (Å²) in [5.41, 5.74) is 0.937. The second-order valence-electron chi connectivity index (χ2n) is 3.71. The van der Waals surface area contributed by atoms with Crippen LogP contribution >= 0.6 is 0 Å². The first-order valence-corrected chi connectivity index (χ1v) is 4.97. The molecule has 16 heavy (non-hydrogen) atoms. The minimum Gasteiger partial charge on any atom is -0.472 e. The third-order valence-corrected chi connectivity index (χ3v) is 2.44. The molecule has 0 amide bonds. The molecule has 1 saturated heterocycles. The van der Waals surface area contributed by atoms with Crippen molar-refractivity contribution in [1.29, 1.82) is 0 Å². The predicted molar refractivity (Wildman–Crippen MR) is 56.9 cm³/mol. The second-order valence-corrected chi connectivity index (χ2v) is 3.71. The Morgan fingerprint density at radius 3 is 2.81 bits per heavy atom. The molecule has 1 aliphatic rings. The number of hydrogen-bond acceptors (Lipinski definition) is 3. The zero-order valence-corrected chi connectivity index (χ0v) is 8.73. The Bertz CT molecular complexity index is 402. The van der Waals surface area contributed by atoms with Gasteiger partial charge in [0.1, 0.15) is 11.6 Å². The summed E-state index contributed by atoms with van der Waals surface area (Å²) in [4.78, 5) is 12.6. The van der Waals surface area contributed by atoms with E-state index in [9.17, 15) is 9.18 Å². The fourth-order valence-electron chi connectivity index (χ4n) is 1.68. The zero-order chi connectivity index (χ0) is 11.5. The van der Waals surface area contributed by atoms with Crippen molar-refractivity contribution in [1.82, 2.24) is 4.90 Å². The van der Waals surface area contributed by atoms with Gasteiger partial charge in [0.2, 0.25) is 6.23 Å². The number of hydrogen-bond donors (Lipinski definition) is 0. The summed E-state index contributed by atoms with van der Waals surface area (Å²) >= 11 is 0. The predicted octanol–water partition coefficient (Wildman–Crippen LogP) is 1.70. The molecule has 1 atom stereocenters. The summed E-state index contributed by atoms with van der Waals surface area (Å²) in [5.74, 6) is 0.317. The van der Waals surface area contributed by atoms with Crippen LogP contribution in [0.25, 0.3) is 0 Å². The lowest BCUT2D eigenvalue weighted by Crippen LogP contribution is -2.30. The second kappa shape index (κ2) is 4.45. The normalized spacial score (nSPS) is 20.8. The molecular formula is C12H12FNO2. The van der Waals surface area contributed by atoms with Gasteiger partial charge in [-0.2, -0.15) is 0 Å². The fraction of sp³-hybridized carbons (Fsp3) is 0.250. The number of carbonyl (C=O) groups excluding carboxylic acids is 1. The quantitative estimate of drug-likeness (QED) is 0.727. The number of aldehydes is 1. The van der Waals surface area contributed by atoms with Crippen molar-refractivity contribution in [3.8, 4) is 0 Å². The van der Waals surface area contributed by atoms with Gasteiger partial charge in [0.25, 0.3) is 0 Å². The number of ether oxygens (including phenoxy) is 1. The van der Waals surface area contributed by atoms with Crippen molar-refractivity contribution in [2.75, 3.05) is 6.54 Å². The largest absolute Gasteiger partial charge is 0.472 e. The maximum absolute atomic E-state index is 12.7. The van der Waals surface area contributed by atoms with Gasteiger partial charge >= 0.3 is 0 Å². The van der Waals surface area contributed by atoms with Crippen molar-refractivity contribution < 1.29 is 13.9 Å². The number of rotatable bonds is 3. The maximum atomic E-state index is 12.7. The summed E-state index contributed by atoms with van der Waals surface area (Å²) in [6.07, 6.45) is 0.166. The van der Waals surface area contributed by atoms with Crippen molar-refractivity contribution in [2.24, 2.45) is 0 Å². The fourth-order valence-corrected chi connectivity index (χ4v) is 1.68. The van der Waals surface area contributed by atoms with E-state index in [0.29, 0.717) is 18.8 Å². The Morgan fingerprint density at radius 2 is 2.19 bits per heavy atom. The molecule has 0 aliphatic carbocycles. The minimum absolute atomic E-state index is 0.266. The molecule has 1 fully saturated rings. The molecule has 0 radical (unpaired) electrons. The van der Waals surface area contributed by atoms with E-state index in [2.05, 4.69) is 6.58 Å². The molecule has 1 heterocycles. The van der Waals surface area contributed by atoms with Crippen LogP contribution in [-0.2, 0) is 16.1 Å². The number of halogens is 1. The van der Waals surface area contributed by atoms with Crippen molar-refractivity contribution in [3.05, 3.63) is 48.0 Å². The first-order valence-electron chi connectivity index (χ1n) is 4.97. The molecule has 4 heteroatoms. The lowest BCUT2D eigenvalue weighted by molar-refractivity contribution is -0.120. The van der Waals surface area contributed by atoms with Crippen LogP contribution in [0.1, 0.15) is 5.56 Å². The summed E-state index contributed by atoms with van der Waals surface area (Å²) < 4.78 is 17.9. The molecule has 0 aromatic heterocycles. The highest BCUT2D eigenvalue weighted by Gasteiger charge is 2.27. The summed E-state index contributed by atoms with van der Waals surface area (Å²) in [6, 6.07) is 6.19. The van der Waals surface area contributed by atoms with Crippen LogP contribution in [0.2, 0.25) is 0 Å². The Hall–Kier alpha value is -1.68. The lowest BCUT2D eigenvalue weighted by Gasteiger charge is -2.16. The smallest absolute Gasteiger partial charge is 0.209 e. The Balaban J connectivity index is 2.06. The first kappa shape index (κ1) is 10.8. The highest BCUT2D eigenvalue weighted by atomic mass is 19.1. The molecule has 0 N–H and O–H groups in total. The average Bonchev–Trinajstić information content (AvgIpc) is 2.62. The van der Waals surface area contributed by atoms with Crippen LogP contribution in [-0.4, -0.2) is 24.0 Å². The first-order chi connectivity index (χ1) is 7.69. The van der Waals surface area contributed by atoms with Gasteiger partial charge in [0, 0.05) is 6.54 Å². The number of benzene rings is 1. The van der Waals surface area contributed by atoms with Crippen LogP contribution in [0.4, 0.5) is 4.39 Å². The zero-order valence-electron chi connectivity index (χ0n) is 8.73. The number of carbonyl (C=O) groups is 1. The molecule has 0 bridgehead atoms. The molecular weight excluding hydrogens is 209 g/mol. The van der Waals surface area contributed by atoms with E-state index in [4.69, 9.17) is 4.74 Å². The van der Waals surface area contributed by atoms with Crippen LogP contribution in [0.3, 0.4) is 0 Å². The third kappa shape index (κ3) is 2.28. The molecule has 2 rings (SSSR count). The van der Waals surface area contributed by atoms with Gasteiger partial charge in [-0.1, -0.05) is 18.7 Å². The Morgan fingerprint density at radius 1 is 1.50 bits per heavy atom. The van der Waals surface area contributed by atoms with Crippen LogP contribution in [0, 0.1) is 5.82 Å². The highest BCUT2D eigenvalue weighted by Crippen LogP contribution is 2.19. The molecule has 84 valence electrons. The maximum Gasteiger partial charge on any atom is 0.209 e. The van der Waals surface area contributed by atoms with Crippen LogP contribution in [0.15, 0.2) is 36.6 Å². The van der Waals surface area contributed by atoms with Gasteiger partial charge in [-0.25, -0.2) is 4.39 Å². The van der Waals surface area contributed by atoms with E-state index in [1.165, 1.54) is 12.1 Å². The van der Waals surface area contributed by atoms with E-state index >= 15 is 0 Å². The van der Waals surface area contributed by atoms with Gasteiger partial charge in [0.15, 0.2) is 6.29 Å². The lowest BCUT2D eigenvalue weighted by atomic mass is 10.2. The topological polar surface area (TPSA) is 29.5 Å². The van der Waals surface area contributed by atoms with E-state index < -0.39 is 6.23 Å². The summed E-state index contributed by atoms with van der Waals surface area (Å²) in [5, 5.41) is 0. The SMILES string of the molecule is C=C1CN(Cc2ccc(F)cc2)C(C=O)O1. The monoisotopic (exact) mass is 221 g/mol. The molecule has 0 spiro atoms. The molecule has 0 saturated carbocycles. The molecule has 1 aromatic rings. The summed E-state index contributed by atoms with van der Waals surface area (Å²) in [6.45, 7) is 4.75.